The van der Waals surface area contributed by atoms with Gasteiger partial charge in [-0.1, -0.05) is 91.5 Å². The van der Waals surface area contributed by atoms with Crippen molar-refractivity contribution in [1.29, 1.82) is 0 Å². The highest BCUT2D eigenvalue weighted by atomic mass is 35.5. The van der Waals surface area contributed by atoms with Crippen LogP contribution >= 0.6 is 23.2 Å². The zero-order chi connectivity index (χ0) is 26.9. The number of carbonyl (C=O) groups excluding carboxylic acids is 2. The van der Waals surface area contributed by atoms with E-state index < -0.39 is 6.04 Å². The van der Waals surface area contributed by atoms with Gasteiger partial charge in [0, 0.05) is 29.1 Å². The monoisotopic (exact) mass is 552 g/mol. The van der Waals surface area contributed by atoms with Crippen LogP contribution < -0.4 is 10.1 Å². The lowest BCUT2D eigenvalue weighted by Crippen LogP contribution is -2.53. The average Bonchev–Trinajstić information content (AvgIpc) is 3.44. The average molecular weight is 554 g/mol. The molecule has 4 rings (SSSR count). The summed E-state index contributed by atoms with van der Waals surface area (Å²) in [5.74, 6) is 0.152. The van der Waals surface area contributed by atoms with Crippen molar-refractivity contribution in [2.75, 3.05) is 6.61 Å². The summed E-state index contributed by atoms with van der Waals surface area (Å²) in [4.78, 5) is 29.1. The molecule has 0 aliphatic heterocycles. The first-order chi connectivity index (χ1) is 18.4. The molecule has 0 bridgehead atoms. The number of halogens is 2. The second-order valence-corrected chi connectivity index (χ2v) is 10.6. The quantitative estimate of drug-likeness (QED) is 0.290. The molecule has 7 heteroatoms. The Morgan fingerprint density at radius 1 is 0.974 bits per heavy atom. The van der Waals surface area contributed by atoms with Gasteiger partial charge in [-0.2, -0.15) is 0 Å². The van der Waals surface area contributed by atoms with Crippen LogP contribution in [0.3, 0.4) is 0 Å². The number of benzene rings is 3. The first-order valence-corrected chi connectivity index (χ1v) is 14.0. The number of nitrogens with one attached hydrogen (secondary N) is 1. The van der Waals surface area contributed by atoms with Crippen LogP contribution in [0.15, 0.2) is 72.8 Å². The van der Waals surface area contributed by atoms with Crippen LogP contribution in [-0.2, 0) is 29.0 Å². The summed E-state index contributed by atoms with van der Waals surface area (Å²) >= 11 is 12.6. The molecule has 3 aromatic rings. The first kappa shape index (κ1) is 28.0. The van der Waals surface area contributed by atoms with E-state index in [-0.39, 0.29) is 31.0 Å². The summed E-state index contributed by atoms with van der Waals surface area (Å²) in [5.41, 5.74) is 2.87. The maximum absolute atomic E-state index is 13.7. The topological polar surface area (TPSA) is 58.6 Å². The van der Waals surface area contributed by atoms with Crippen LogP contribution in [0.25, 0.3) is 0 Å². The van der Waals surface area contributed by atoms with E-state index in [4.69, 9.17) is 27.9 Å². The van der Waals surface area contributed by atoms with Gasteiger partial charge in [-0.05, 0) is 60.2 Å². The standard InChI is InChI=1S/C31H34Cl2N2O3/c1-2-22-12-16-27(17-13-22)38-21-30(36)35(20-24-14-15-25(32)19-28(24)33)29(18-23-8-4-3-5-9-23)31(37)34-26-10-6-7-11-26/h3-5,8-9,12-17,19,26,29H,2,6-7,10-11,18,20-21H2,1H3,(H,34,37). The number of carbonyl (C=O) groups is 2. The van der Waals surface area contributed by atoms with Crippen LogP contribution in [0, 0.1) is 0 Å². The van der Waals surface area contributed by atoms with E-state index >= 15 is 0 Å². The smallest absolute Gasteiger partial charge is 0.261 e. The molecule has 5 nitrogen and oxygen atoms in total. The molecule has 2 amide bonds. The van der Waals surface area contributed by atoms with Gasteiger partial charge in [0.05, 0.1) is 0 Å². The summed E-state index contributed by atoms with van der Waals surface area (Å²) in [7, 11) is 0. The molecule has 1 aliphatic carbocycles. The van der Waals surface area contributed by atoms with Gasteiger partial charge in [0.25, 0.3) is 5.91 Å². The number of hydrogen-bond donors (Lipinski definition) is 1. The Morgan fingerprint density at radius 3 is 2.34 bits per heavy atom. The fraction of sp³-hybridized carbons (Fsp3) is 0.355. The van der Waals surface area contributed by atoms with E-state index in [2.05, 4.69) is 12.2 Å². The van der Waals surface area contributed by atoms with Crippen LogP contribution in [0.2, 0.25) is 10.0 Å². The molecule has 1 saturated carbocycles. The lowest BCUT2D eigenvalue weighted by molar-refractivity contribution is -0.143. The van der Waals surface area contributed by atoms with Crippen LogP contribution in [0.4, 0.5) is 0 Å². The third kappa shape index (κ3) is 7.75. The molecule has 1 fully saturated rings. The van der Waals surface area contributed by atoms with E-state index in [0.29, 0.717) is 27.8 Å². The Bertz CT molecular complexity index is 1210. The van der Waals surface area contributed by atoms with Crippen molar-refractivity contribution in [1.82, 2.24) is 10.2 Å². The Balaban J connectivity index is 1.62. The predicted octanol–water partition coefficient (Wildman–Crippen LogP) is 6.63. The number of hydrogen-bond acceptors (Lipinski definition) is 3. The molecule has 1 atom stereocenters. The summed E-state index contributed by atoms with van der Waals surface area (Å²) in [5, 5.41) is 4.16. The lowest BCUT2D eigenvalue weighted by atomic mass is 10.0. The Labute approximate surface area is 235 Å². The van der Waals surface area contributed by atoms with Gasteiger partial charge in [-0.15, -0.1) is 0 Å². The van der Waals surface area contributed by atoms with Crippen molar-refractivity contribution in [2.45, 2.75) is 64.1 Å². The summed E-state index contributed by atoms with van der Waals surface area (Å²) in [6.07, 6.45) is 5.41. The van der Waals surface area contributed by atoms with Crippen LogP contribution in [0.1, 0.15) is 49.3 Å². The second-order valence-electron chi connectivity index (χ2n) is 9.74. The van der Waals surface area contributed by atoms with E-state index in [1.807, 2.05) is 54.6 Å². The van der Waals surface area contributed by atoms with Gasteiger partial charge < -0.3 is 15.0 Å². The first-order valence-electron chi connectivity index (χ1n) is 13.2. The van der Waals surface area contributed by atoms with E-state index in [1.165, 1.54) is 5.56 Å². The van der Waals surface area contributed by atoms with Crippen molar-refractivity contribution in [3.05, 3.63) is 99.5 Å². The van der Waals surface area contributed by atoms with Gasteiger partial charge in [0.2, 0.25) is 5.91 Å². The molecule has 3 aromatic carbocycles. The van der Waals surface area contributed by atoms with Crippen LogP contribution in [-0.4, -0.2) is 35.4 Å². The minimum Gasteiger partial charge on any atom is -0.484 e. The largest absolute Gasteiger partial charge is 0.484 e. The lowest BCUT2D eigenvalue weighted by Gasteiger charge is -2.32. The van der Waals surface area contributed by atoms with Crippen molar-refractivity contribution in [3.8, 4) is 5.75 Å². The van der Waals surface area contributed by atoms with Gasteiger partial charge >= 0.3 is 0 Å². The summed E-state index contributed by atoms with van der Waals surface area (Å²) in [6.45, 7) is 2.05. The number of ether oxygens (including phenoxy) is 1. The van der Waals surface area contributed by atoms with Gasteiger partial charge in [-0.3, -0.25) is 9.59 Å². The third-order valence-corrected chi connectivity index (χ3v) is 7.61. The normalized spacial score (nSPS) is 14.2. The molecular formula is C31H34Cl2N2O3. The maximum atomic E-state index is 13.7. The highest BCUT2D eigenvalue weighted by Crippen LogP contribution is 2.25. The molecule has 1 unspecified atom stereocenters. The van der Waals surface area contributed by atoms with Crippen molar-refractivity contribution in [2.24, 2.45) is 0 Å². The van der Waals surface area contributed by atoms with E-state index in [9.17, 15) is 9.59 Å². The molecule has 0 aromatic heterocycles. The number of amides is 2. The fourth-order valence-electron chi connectivity index (χ4n) is 4.80. The molecule has 1 aliphatic rings. The third-order valence-electron chi connectivity index (χ3n) is 7.02. The highest BCUT2D eigenvalue weighted by molar-refractivity contribution is 6.35. The SMILES string of the molecule is CCc1ccc(OCC(=O)N(Cc2ccc(Cl)cc2Cl)C(Cc2ccccc2)C(=O)NC2CCCC2)cc1. The van der Waals surface area contributed by atoms with Crippen LogP contribution in [0.5, 0.6) is 5.75 Å². The Hall–Kier alpha value is -3.02. The molecule has 200 valence electrons. The molecule has 1 N–H and O–H groups in total. The molecule has 38 heavy (non-hydrogen) atoms. The number of aryl methyl sites for hydroxylation is 1. The molecule has 0 radical (unpaired) electrons. The second kappa shape index (κ2) is 13.7. The van der Waals surface area contributed by atoms with E-state index in [1.54, 1.807) is 23.1 Å². The molecule has 0 heterocycles. The van der Waals surface area contributed by atoms with E-state index in [0.717, 1.165) is 37.7 Å². The van der Waals surface area contributed by atoms with Crippen molar-refractivity contribution < 1.29 is 14.3 Å². The molecule has 0 saturated heterocycles. The number of nitrogens with zero attached hydrogens (tertiary/aromatic N) is 1. The summed E-state index contributed by atoms with van der Waals surface area (Å²) < 4.78 is 5.87. The summed E-state index contributed by atoms with van der Waals surface area (Å²) in [6, 6.07) is 22.0. The minimum absolute atomic E-state index is 0.130. The minimum atomic E-state index is -0.733. The zero-order valence-electron chi connectivity index (χ0n) is 21.7. The zero-order valence-corrected chi connectivity index (χ0v) is 23.2. The predicted molar refractivity (Wildman–Crippen MR) is 153 cm³/mol. The Morgan fingerprint density at radius 2 is 1.68 bits per heavy atom. The molecular weight excluding hydrogens is 519 g/mol. The highest BCUT2D eigenvalue weighted by Gasteiger charge is 2.32. The Kier molecular flexibility index (Phi) is 10.1. The van der Waals surface area contributed by atoms with Crippen molar-refractivity contribution >= 4 is 35.0 Å². The molecule has 0 spiro atoms. The van der Waals surface area contributed by atoms with Crippen molar-refractivity contribution in [3.63, 3.8) is 0 Å². The van der Waals surface area contributed by atoms with Gasteiger partial charge in [0.1, 0.15) is 11.8 Å². The van der Waals surface area contributed by atoms with Gasteiger partial charge in [-0.25, -0.2) is 0 Å². The van der Waals surface area contributed by atoms with Gasteiger partial charge in [0.15, 0.2) is 6.61 Å². The number of rotatable bonds is 11. The maximum Gasteiger partial charge on any atom is 0.261 e. The fourth-order valence-corrected chi connectivity index (χ4v) is 5.27.